The van der Waals surface area contributed by atoms with Crippen LogP contribution in [0.3, 0.4) is 0 Å². The summed E-state index contributed by atoms with van der Waals surface area (Å²) >= 11 is 6.25. The molecule has 1 aromatic rings. The summed E-state index contributed by atoms with van der Waals surface area (Å²) in [4.78, 5) is 14.0. The molecule has 0 saturated carbocycles. The van der Waals surface area contributed by atoms with Crippen LogP contribution in [-0.2, 0) is 4.79 Å². The number of hydrogen-bond donors (Lipinski definition) is 2. The first-order chi connectivity index (χ1) is 9.86. The smallest absolute Gasteiger partial charge is 0.221 e. The van der Waals surface area contributed by atoms with E-state index in [-0.39, 0.29) is 24.0 Å². The summed E-state index contributed by atoms with van der Waals surface area (Å²) in [6, 6.07) is 7.98. The van der Waals surface area contributed by atoms with E-state index in [1.165, 1.54) is 0 Å². The molecule has 0 heterocycles. The number of hydrogen-bond acceptors (Lipinski definition) is 3. The van der Waals surface area contributed by atoms with Gasteiger partial charge in [-0.25, -0.2) is 0 Å². The van der Waals surface area contributed by atoms with Crippen LogP contribution >= 0.6 is 11.6 Å². The van der Waals surface area contributed by atoms with Crippen LogP contribution in [0.15, 0.2) is 24.3 Å². The standard InChI is InChI=1S/C16H26ClN3O/c1-11(2)19-16(21)9-13(10-18)20(4)12(3)14-7-5-6-8-15(14)17/h5-8,11-13H,9-10,18H2,1-4H3,(H,19,21). The van der Waals surface area contributed by atoms with Gasteiger partial charge in [0.2, 0.25) is 5.91 Å². The summed E-state index contributed by atoms with van der Waals surface area (Å²) in [5.74, 6) is 0.0265. The summed E-state index contributed by atoms with van der Waals surface area (Å²) in [5, 5.41) is 3.64. The molecule has 0 aliphatic rings. The Hall–Kier alpha value is -1.10. The molecule has 118 valence electrons. The predicted molar refractivity (Wildman–Crippen MR) is 88.4 cm³/mol. The molecule has 3 N–H and O–H groups in total. The number of benzene rings is 1. The predicted octanol–water partition coefficient (Wildman–Crippen LogP) is 2.57. The Morgan fingerprint density at radius 1 is 1.33 bits per heavy atom. The molecule has 0 bridgehead atoms. The zero-order valence-corrected chi connectivity index (χ0v) is 14.0. The van der Waals surface area contributed by atoms with Crippen molar-refractivity contribution in [3.05, 3.63) is 34.9 Å². The van der Waals surface area contributed by atoms with Crippen molar-refractivity contribution in [2.45, 2.75) is 45.3 Å². The van der Waals surface area contributed by atoms with Crippen molar-refractivity contribution in [1.29, 1.82) is 0 Å². The molecule has 0 spiro atoms. The van der Waals surface area contributed by atoms with Gasteiger partial charge in [-0.2, -0.15) is 0 Å². The maximum absolute atomic E-state index is 11.9. The number of nitrogens with zero attached hydrogens (tertiary/aromatic N) is 1. The molecular formula is C16H26ClN3O. The molecule has 1 amide bonds. The Morgan fingerprint density at radius 3 is 2.48 bits per heavy atom. The first-order valence-corrected chi connectivity index (χ1v) is 7.70. The lowest BCUT2D eigenvalue weighted by Crippen LogP contribution is -2.44. The van der Waals surface area contributed by atoms with Crippen molar-refractivity contribution >= 4 is 17.5 Å². The van der Waals surface area contributed by atoms with Crippen LogP contribution < -0.4 is 11.1 Å². The van der Waals surface area contributed by atoms with Crippen molar-refractivity contribution in [3.63, 3.8) is 0 Å². The Kier molecular flexibility index (Phi) is 7.15. The van der Waals surface area contributed by atoms with E-state index < -0.39 is 0 Å². The number of halogens is 1. The van der Waals surface area contributed by atoms with Crippen LogP contribution in [0, 0.1) is 0 Å². The quantitative estimate of drug-likeness (QED) is 0.813. The van der Waals surface area contributed by atoms with Gasteiger partial charge in [-0.15, -0.1) is 0 Å². The number of nitrogens with one attached hydrogen (secondary N) is 1. The third-order valence-electron chi connectivity index (χ3n) is 3.68. The minimum Gasteiger partial charge on any atom is -0.354 e. The van der Waals surface area contributed by atoms with Gasteiger partial charge in [-0.1, -0.05) is 29.8 Å². The van der Waals surface area contributed by atoms with Crippen LogP contribution in [0.4, 0.5) is 0 Å². The molecule has 0 aliphatic carbocycles. The second kappa shape index (κ2) is 8.37. The third-order valence-corrected chi connectivity index (χ3v) is 4.03. The van der Waals surface area contributed by atoms with Gasteiger partial charge in [0.15, 0.2) is 0 Å². The molecule has 0 saturated heterocycles. The fourth-order valence-corrected chi connectivity index (χ4v) is 2.63. The summed E-state index contributed by atoms with van der Waals surface area (Å²) in [6.45, 7) is 6.40. The Morgan fingerprint density at radius 2 is 1.95 bits per heavy atom. The lowest BCUT2D eigenvalue weighted by atomic mass is 10.0. The second-order valence-corrected chi connectivity index (χ2v) is 6.09. The molecule has 5 heteroatoms. The minimum absolute atomic E-state index is 0.0185. The van der Waals surface area contributed by atoms with Crippen LogP contribution in [0.25, 0.3) is 0 Å². The van der Waals surface area contributed by atoms with E-state index in [1.54, 1.807) is 0 Å². The molecule has 1 aromatic carbocycles. The normalized spacial score (nSPS) is 14.3. The summed E-state index contributed by atoms with van der Waals surface area (Å²) in [5.41, 5.74) is 6.90. The molecule has 2 atom stereocenters. The van der Waals surface area contributed by atoms with Gasteiger partial charge in [0.25, 0.3) is 0 Å². The van der Waals surface area contributed by atoms with Crippen LogP contribution in [-0.4, -0.2) is 36.5 Å². The van der Waals surface area contributed by atoms with Gasteiger partial charge in [-0.05, 0) is 39.4 Å². The van der Waals surface area contributed by atoms with E-state index in [9.17, 15) is 4.79 Å². The zero-order valence-electron chi connectivity index (χ0n) is 13.3. The molecule has 0 aromatic heterocycles. The highest BCUT2D eigenvalue weighted by Gasteiger charge is 2.23. The van der Waals surface area contributed by atoms with Gasteiger partial charge < -0.3 is 11.1 Å². The van der Waals surface area contributed by atoms with Gasteiger partial charge in [0.05, 0.1) is 0 Å². The fourth-order valence-electron chi connectivity index (χ4n) is 2.34. The van der Waals surface area contributed by atoms with Crippen molar-refractivity contribution in [2.75, 3.05) is 13.6 Å². The molecule has 21 heavy (non-hydrogen) atoms. The summed E-state index contributed by atoms with van der Waals surface area (Å²) in [7, 11) is 1.98. The Balaban J connectivity index is 2.76. The highest BCUT2D eigenvalue weighted by Crippen LogP contribution is 2.27. The first-order valence-electron chi connectivity index (χ1n) is 7.32. The lowest BCUT2D eigenvalue weighted by molar-refractivity contribution is -0.122. The summed E-state index contributed by atoms with van der Waals surface area (Å²) < 4.78 is 0. The van der Waals surface area contributed by atoms with Crippen molar-refractivity contribution in [1.82, 2.24) is 10.2 Å². The molecule has 2 unspecified atom stereocenters. The van der Waals surface area contributed by atoms with Crippen molar-refractivity contribution < 1.29 is 4.79 Å². The molecule has 0 radical (unpaired) electrons. The van der Waals surface area contributed by atoms with E-state index in [0.717, 1.165) is 10.6 Å². The highest BCUT2D eigenvalue weighted by atomic mass is 35.5. The SMILES string of the molecule is CC(C)NC(=O)CC(CN)N(C)C(C)c1ccccc1Cl. The van der Waals surface area contributed by atoms with Gasteiger partial charge in [-0.3, -0.25) is 9.69 Å². The maximum atomic E-state index is 11.9. The van der Waals surface area contributed by atoms with Crippen LogP contribution in [0.5, 0.6) is 0 Å². The fraction of sp³-hybridized carbons (Fsp3) is 0.562. The molecule has 1 rings (SSSR count). The molecule has 0 aliphatic heterocycles. The number of nitrogens with two attached hydrogens (primary N) is 1. The number of rotatable bonds is 7. The minimum atomic E-state index is -0.0185. The van der Waals surface area contributed by atoms with E-state index >= 15 is 0 Å². The number of carbonyl (C=O) groups is 1. The Labute approximate surface area is 132 Å². The highest BCUT2D eigenvalue weighted by molar-refractivity contribution is 6.31. The first kappa shape index (κ1) is 18.0. The average Bonchev–Trinajstić information content (AvgIpc) is 2.43. The van der Waals surface area contributed by atoms with Crippen molar-refractivity contribution in [2.24, 2.45) is 5.73 Å². The average molecular weight is 312 g/mol. The summed E-state index contributed by atoms with van der Waals surface area (Å²) in [6.07, 6.45) is 0.389. The van der Waals surface area contributed by atoms with Gasteiger partial charge >= 0.3 is 0 Å². The zero-order chi connectivity index (χ0) is 16.0. The molecule has 4 nitrogen and oxygen atoms in total. The van der Waals surface area contributed by atoms with E-state index in [4.69, 9.17) is 17.3 Å². The topological polar surface area (TPSA) is 58.4 Å². The Bertz CT molecular complexity index is 465. The third kappa shape index (κ3) is 5.30. The van der Waals surface area contributed by atoms with E-state index in [2.05, 4.69) is 17.1 Å². The number of likely N-dealkylation sites (N-methyl/N-ethyl adjacent to an activating group) is 1. The van der Waals surface area contributed by atoms with Crippen molar-refractivity contribution in [3.8, 4) is 0 Å². The van der Waals surface area contributed by atoms with Crippen LogP contribution in [0.2, 0.25) is 5.02 Å². The molecule has 0 fully saturated rings. The van der Waals surface area contributed by atoms with Gasteiger partial charge in [0, 0.05) is 36.1 Å². The van der Waals surface area contributed by atoms with E-state index in [1.807, 2.05) is 45.2 Å². The number of amides is 1. The van der Waals surface area contributed by atoms with E-state index in [0.29, 0.717) is 13.0 Å². The second-order valence-electron chi connectivity index (χ2n) is 5.68. The number of carbonyl (C=O) groups excluding carboxylic acids is 1. The monoisotopic (exact) mass is 311 g/mol. The van der Waals surface area contributed by atoms with Crippen LogP contribution in [0.1, 0.15) is 38.8 Å². The largest absolute Gasteiger partial charge is 0.354 e. The lowest BCUT2D eigenvalue weighted by Gasteiger charge is -2.33. The maximum Gasteiger partial charge on any atom is 0.221 e. The van der Waals surface area contributed by atoms with Gasteiger partial charge in [0.1, 0.15) is 0 Å². The molecular weight excluding hydrogens is 286 g/mol.